The predicted octanol–water partition coefficient (Wildman–Crippen LogP) is 2.09. The summed E-state index contributed by atoms with van der Waals surface area (Å²) in [4.78, 5) is 0. The predicted molar refractivity (Wildman–Crippen MR) is 76.6 cm³/mol. The Morgan fingerprint density at radius 2 is 1.65 bits per heavy atom. The van der Waals surface area contributed by atoms with Crippen molar-refractivity contribution in [3.63, 3.8) is 0 Å². The molecule has 2 aromatic carbocycles. The number of hydrogen-bond donors (Lipinski definition) is 2. The summed E-state index contributed by atoms with van der Waals surface area (Å²) in [7, 11) is 0. The van der Waals surface area contributed by atoms with Crippen molar-refractivity contribution in [1.82, 2.24) is 0 Å². The third-order valence-corrected chi connectivity index (χ3v) is 3.75. The van der Waals surface area contributed by atoms with E-state index >= 15 is 0 Å². The van der Waals surface area contributed by atoms with Crippen LogP contribution in [0.2, 0.25) is 0 Å². The molecule has 20 heavy (non-hydrogen) atoms. The number of ether oxygens (including phenoxy) is 1. The molecule has 2 aromatic rings. The van der Waals surface area contributed by atoms with E-state index < -0.39 is 12.2 Å². The van der Waals surface area contributed by atoms with Crippen LogP contribution in [-0.2, 0) is 19.4 Å². The van der Waals surface area contributed by atoms with Crippen LogP contribution in [0.15, 0.2) is 48.5 Å². The van der Waals surface area contributed by atoms with E-state index in [-0.39, 0.29) is 0 Å². The largest absolute Gasteiger partial charge is 0.489 e. The van der Waals surface area contributed by atoms with Gasteiger partial charge in [0.25, 0.3) is 0 Å². The van der Waals surface area contributed by atoms with Gasteiger partial charge in [0.1, 0.15) is 12.4 Å². The first kappa shape index (κ1) is 13.2. The lowest BCUT2D eigenvalue weighted by molar-refractivity contribution is 0.0135. The van der Waals surface area contributed by atoms with Crippen molar-refractivity contribution in [3.8, 4) is 5.75 Å². The van der Waals surface area contributed by atoms with Crippen molar-refractivity contribution in [2.75, 3.05) is 0 Å². The van der Waals surface area contributed by atoms with Crippen LogP contribution in [0.1, 0.15) is 16.7 Å². The van der Waals surface area contributed by atoms with E-state index in [0.717, 1.165) is 22.4 Å². The van der Waals surface area contributed by atoms with Crippen LogP contribution in [-0.4, -0.2) is 22.4 Å². The maximum Gasteiger partial charge on any atom is 0.123 e. The van der Waals surface area contributed by atoms with Gasteiger partial charge >= 0.3 is 0 Å². The van der Waals surface area contributed by atoms with E-state index in [1.54, 1.807) is 0 Å². The molecule has 3 nitrogen and oxygen atoms in total. The number of benzene rings is 2. The summed E-state index contributed by atoms with van der Waals surface area (Å²) in [5, 5.41) is 19.6. The lowest BCUT2D eigenvalue weighted by atomic mass is 9.87. The first-order valence-electron chi connectivity index (χ1n) is 6.87. The Morgan fingerprint density at radius 3 is 2.45 bits per heavy atom. The second-order valence-electron chi connectivity index (χ2n) is 5.21. The average molecular weight is 270 g/mol. The van der Waals surface area contributed by atoms with E-state index in [1.165, 1.54) is 0 Å². The highest BCUT2D eigenvalue weighted by Gasteiger charge is 2.27. The van der Waals surface area contributed by atoms with Crippen LogP contribution in [0.3, 0.4) is 0 Å². The Balaban J connectivity index is 1.79. The molecule has 104 valence electrons. The van der Waals surface area contributed by atoms with Crippen LogP contribution in [0.5, 0.6) is 5.75 Å². The molecule has 0 saturated carbocycles. The molecule has 2 atom stereocenters. The molecule has 0 fully saturated rings. The second kappa shape index (κ2) is 5.65. The lowest BCUT2D eigenvalue weighted by Gasteiger charge is -2.27. The van der Waals surface area contributed by atoms with Gasteiger partial charge in [-0.3, -0.25) is 0 Å². The first-order valence-corrected chi connectivity index (χ1v) is 6.87. The molecule has 0 radical (unpaired) electrons. The quantitative estimate of drug-likeness (QED) is 0.898. The minimum atomic E-state index is -0.705. The molecule has 1 aliphatic carbocycles. The first-order chi connectivity index (χ1) is 9.74. The summed E-state index contributed by atoms with van der Waals surface area (Å²) in [6.07, 6.45) is -0.448. The molecular formula is C17H18O3. The molecule has 0 aromatic heterocycles. The van der Waals surface area contributed by atoms with Gasteiger partial charge in [-0.25, -0.2) is 0 Å². The Labute approximate surface area is 118 Å². The summed E-state index contributed by atoms with van der Waals surface area (Å²) in [6.45, 7) is 0.510. The van der Waals surface area contributed by atoms with Crippen LogP contribution in [0.4, 0.5) is 0 Å². The molecule has 0 aliphatic heterocycles. The standard InChI is InChI=1S/C17H18O3/c18-15-9-13-7-4-8-17(14(13)10-16(15)19)20-11-12-5-2-1-3-6-12/h1-8,15-16,18-19H,9-11H2/t15-,16-/m1/s1. The van der Waals surface area contributed by atoms with Gasteiger partial charge in [0.2, 0.25) is 0 Å². The van der Waals surface area contributed by atoms with Crippen LogP contribution >= 0.6 is 0 Å². The van der Waals surface area contributed by atoms with E-state index in [1.807, 2.05) is 48.5 Å². The van der Waals surface area contributed by atoms with Crippen molar-refractivity contribution < 1.29 is 14.9 Å². The minimum Gasteiger partial charge on any atom is -0.489 e. The molecule has 3 heteroatoms. The van der Waals surface area contributed by atoms with Crippen molar-refractivity contribution in [1.29, 1.82) is 0 Å². The molecule has 0 heterocycles. The lowest BCUT2D eigenvalue weighted by Crippen LogP contribution is -2.34. The van der Waals surface area contributed by atoms with Crippen molar-refractivity contribution in [2.24, 2.45) is 0 Å². The number of rotatable bonds is 3. The number of aliphatic hydroxyl groups is 2. The Hall–Kier alpha value is -1.84. The Morgan fingerprint density at radius 1 is 0.900 bits per heavy atom. The van der Waals surface area contributed by atoms with Crippen molar-refractivity contribution in [3.05, 3.63) is 65.2 Å². The molecule has 0 spiro atoms. The summed E-state index contributed by atoms with van der Waals surface area (Å²) in [5.41, 5.74) is 3.19. The maximum absolute atomic E-state index is 9.83. The highest BCUT2D eigenvalue weighted by atomic mass is 16.5. The van der Waals surface area contributed by atoms with Gasteiger partial charge in [0.15, 0.2) is 0 Å². The van der Waals surface area contributed by atoms with E-state index in [2.05, 4.69) is 0 Å². The van der Waals surface area contributed by atoms with Gasteiger partial charge in [-0.15, -0.1) is 0 Å². The second-order valence-corrected chi connectivity index (χ2v) is 5.21. The topological polar surface area (TPSA) is 49.7 Å². The smallest absolute Gasteiger partial charge is 0.123 e. The van der Waals surface area contributed by atoms with Gasteiger partial charge in [0, 0.05) is 18.4 Å². The Kier molecular flexibility index (Phi) is 3.72. The highest BCUT2D eigenvalue weighted by Crippen LogP contribution is 2.30. The molecule has 0 amide bonds. The number of fused-ring (bicyclic) bond motifs is 1. The van der Waals surface area contributed by atoms with Crippen LogP contribution in [0, 0.1) is 0 Å². The van der Waals surface area contributed by atoms with E-state index in [0.29, 0.717) is 19.4 Å². The zero-order chi connectivity index (χ0) is 13.9. The van der Waals surface area contributed by atoms with Crippen LogP contribution < -0.4 is 4.74 Å². The fourth-order valence-electron chi connectivity index (χ4n) is 2.61. The molecule has 0 bridgehead atoms. The summed E-state index contributed by atoms with van der Waals surface area (Å²) >= 11 is 0. The van der Waals surface area contributed by atoms with Gasteiger partial charge in [-0.1, -0.05) is 42.5 Å². The third-order valence-electron chi connectivity index (χ3n) is 3.75. The van der Waals surface area contributed by atoms with Crippen LogP contribution in [0.25, 0.3) is 0 Å². The maximum atomic E-state index is 9.83. The number of aliphatic hydroxyl groups excluding tert-OH is 2. The zero-order valence-corrected chi connectivity index (χ0v) is 11.2. The van der Waals surface area contributed by atoms with Gasteiger partial charge in [0.05, 0.1) is 12.2 Å². The van der Waals surface area contributed by atoms with E-state index in [4.69, 9.17) is 4.74 Å². The zero-order valence-electron chi connectivity index (χ0n) is 11.2. The number of hydrogen-bond acceptors (Lipinski definition) is 3. The summed E-state index contributed by atoms with van der Waals surface area (Å²) < 4.78 is 5.88. The van der Waals surface area contributed by atoms with Gasteiger partial charge < -0.3 is 14.9 Å². The molecule has 0 saturated heterocycles. The molecule has 2 N–H and O–H groups in total. The summed E-state index contributed by atoms with van der Waals surface area (Å²) in [6, 6.07) is 15.8. The SMILES string of the molecule is O[C@@H]1Cc2cccc(OCc3ccccc3)c2C[C@H]1O. The fourth-order valence-corrected chi connectivity index (χ4v) is 2.61. The fraction of sp³-hybridized carbons (Fsp3) is 0.294. The van der Waals surface area contributed by atoms with Gasteiger partial charge in [-0.2, -0.15) is 0 Å². The third kappa shape index (κ3) is 2.69. The van der Waals surface area contributed by atoms with E-state index in [9.17, 15) is 10.2 Å². The normalized spacial score (nSPS) is 21.3. The molecule has 3 rings (SSSR count). The van der Waals surface area contributed by atoms with Crippen molar-refractivity contribution >= 4 is 0 Å². The highest BCUT2D eigenvalue weighted by molar-refractivity contribution is 5.43. The Bertz CT molecular complexity index is 580. The molecule has 0 unspecified atom stereocenters. The molecular weight excluding hydrogens is 252 g/mol. The average Bonchev–Trinajstić information content (AvgIpc) is 2.47. The minimum absolute atomic E-state index is 0.446. The summed E-state index contributed by atoms with van der Waals surface area (Å²) in [5.74, 6) is 0.803. The molecule has 1 aliphatic rings. The van der Waals surface area contributed by atoms with Gasteiger partial charge in [-0.05, 0) is 17.2 Å². The van der Waals surface area contributed by atoms with Crippen molar-refractivity contribution in [2.45, 2.75) is 31.7 Å². The monoisotopic (exact) mass is 270 g/mol.